The average molecular weight is 255 g/mol. The summed E-state index contributed by atoms with van der Waals surface area (Å²) in [5.74, 6) is -0.348. The first-order valence-corrected chi connectivity index (χ1v) is 5.77. The molecule has 0 fully saturated rings. The van der Waals surface area contributed by atoms with Crippen LogP contribution in [0.2, 0.25) is 5.02 Å². The topological polar surface area (TPSA) is 58.2 Å². The van der Waals surface area contributed by atoms with Gasteiger partial charge >= 0.3 is 0 Å². The van der Waals surface area contributed by atoms with Gasteiger partial charge < -0.3 is 10.6 Å². The Morgan fingerprint density at radius 3 is 2.65 bits per heavy atom. The zero-order valence-corrected chi connectivity index (χ0v) is 10.6. The largest absolute Gasteiger partial charge is 0.355 e. The van der Waals surface area contributed by atoms with Gasteiger partial charge in [-0.1, -0.05) is 18.5 Å². The molecule has 0 atom stereocenters. The Balaban J connectivity index is 2.89. The van der Waals surface area contributed by atoms with E-state index in [2.05, 4.69) is 10.6 Å². The van der Waals surface area contributed by atoms with Crippen LogP contribution in [0.1, 0.15) is 30.1 Å². The van der Waals surface area contributed by atoms with Crippen molar-refractivity contribution in [2.75, 3.05) is 12.4 Å². The highest BCUT2D eigenvalue weighted by atomic mass is 35.5. The van der Waals surface area contributed by atoms with Crippen molar-refractivity contribution in [2.45, 2.75) is 19.8 Å². The highest BCUT2D eigenvalue weighted by Crippen LogP contribution is 2.20. The van der Waals surface area contributed by atoms with Crippen molar-refractivity contribution >= 4 is 29.1 Å². The lowest BCUT2D eigenvalue weighted by molar-refractivity contribution is -0.116. The molecule has 4 nitrogen and oxygen atoms in total. The third-order valence-corrected chi connectivity index (χ3v) is 2.53. The van der Waals surface area contributed by atoms with Gasteiger partial charge in [0.1, 0.15) is 0 Å². The van der Waals surface area contributed by atoms with Crippen molar-refractivity contribution in [3.63, 3.8) is 0 Å². The molecule has 1 rings (SSSR count). The van der Waals surface area contributed by atoms with E-state index in [4.69, 9.17) is 11.6 Å². The van der Waals surface area contributed by atoms with E-state index in [1.165, 1.54) is 7.05 Å². The minimum absolute atomic E-state index is 0.0716. The molecule has 5 heteroatoms. The molecule has 0 spiro atoms. The van der Waals surface area contributed by atoms with Gasteiger partial charge in [0.2, 0.25) is 5.91 Å². The second-order valence-corrected chi connectivity index (χ2v) is 3.98. The summed E-state index contributed by atoms with van der Waals surface area (Å²) in [4.78, 5) is 22.9. The van der Waals surface area contributed by atoms with Crippen molar-refractivity contribution in [1.82, 2.24) is 5.32 Å². The Kier molecular flexibility index (Phi) is 4.97. The van der Waals surface area contributed by atoms with Gasteiger partial charge in [-0.2, -0.15) is 0 Å². The molecule has 2 N–H and O–H groups in total. The number of hydrogen-bond donors (Lipinski definition) is 2. The van der Waals surface area contributed by atoms with Gasteiger partial charge in [0, 0.05) is 19.2 Å². The van der Waals surface area contributed by atoms with Crippen LogP contribution >= 0.6 is 11.6 Å². The van der Waals surface area contributed by atoms with E-state index in [-0.39, 0.29) is 11.8 Å². The van der Waals surface area contributed by atoms with Gasteiger partial charge in [0.15, 0.2) is 0 Å². The maximum Gasteiger partial charge on any atom is 0.252 e. The summed E-state index contributed by atoms with van der Waals surface area (Å²) in [5, 5.41) is 5.56. The molecule has 0 aliphatic heterocycles. The molecule has 0 aromatic heterocycles. The molecule has 0 aliphatic carbocycles. The molecule has 0 bridgehead atoms. The minimum atomic E-state index is -0.276. The standard InChI is InChI=1S/C12H15ClN2O2/c1-3-4-11(16)15-8-5-6-10(13)9(7-8)12(17)14-2/h5-7H,3-4H2,1-2H3,(H,14,17)(H,15,16). The molecule has 92 valence electrons. The molecule has 0 radical (unpaired) electrons. The third-order valence-electron chi connectivity index (χ3n) is 2.20. The summed E-state index contributed by atoms with van der Waals surface area (Å²) in [6.45, 7) is 1.93. The van der Waals surface area contributed by atoms with Crippen LogP contribution in [0.5, 0.6) is 0 Å². The van der Waals surface area contributed by atoms with E-state index in [0.717, 1.165) is 6.42 Å². The lowest BCUT2D eigenvalue weighted by atomic mass is 10.2. The van der Waals surface area contributed by atoms with E-state index in [0.29, 0.717) is 22.7 Å². The molecule has 2 amide bonds. The zero-order valence-electron chi connectivity index (χ0n) is 9.84. The summed E-state index contributed by atoms with van der Waals surface area (Å²) < 4.78 is 0. The second kappa shape index (κ2) is 6.25. The number of hydrogen-bond acceptors (Lipinski definition) is 2. The Hall–Kier alpha value is -1.55. The first-order valence-electron chi connectivity index (χ1n) is 5.40. The fraction of sp³-hybridized carbons (Fsp3) is 0.333. The van der Waals surface area contributed by atoms with Crippen molar-refractivity contribution in [3.8, 4) is 0 Å². The molecule has 0 unspecified atom stereocenters. The van der Waals surface area contributed by atoms with Crippen LogP contribution in [0.25, 0.3) is 0 Å². The first kappa shape index (κ1) is 13.5. The highest BCUT2D eigenvalue weighted by molar-refractivity contribution is 6.34. The van der Waals surface area contributed by atoms with Gasteiger partial charge in [-0.15, -0.1) is 0 Å². The van der Waals surface area contributed by atoms with Crippen LogP contribution in [-0.2, 0) is 4.79 Å². The van der Waals surface area contributed by atoms with E-state index in [1.807, 2.05) is 6.92 Å². The van der Waals surface area contributed by atoms with E-state index in [1.54, 1.807) is 18.2 Å². The van der Waals surface area contributed by atoms with Crippen LogP contribution in [0, 0.1) is 0 Å². The number of carbonyl (C=O) groups is 2. The van der Waals surface area contributed by atoms with Gasteiger partial charge in [-0.05, 0) is 24.6 Å². The molecule has 17 heavy (non-hydrogen) atoms. The quantitative estimate of drug-likeness (QED) is 0.867. The fourth-order valence-corrected chi connectivity index (χ4v) is 1.57. The van der Waals surface area contributed by atoms with Crippen LogP contribution in [0.3, 0.4) is 0 Å². The predicted octanol–water partition coefficient (Wildman–Crippen LogP) is 2.44. The van der Waals surface area contributed by atoms with Crippen LogP contribution in [0.15, 0.2) is 18.2 Å². The summed E-state index contributed by atoms with van der Waals surface area (Å²) in [5.41, 5.74) is 0.926. The number of nitrogens with one attached hydrogen (secondary N) is 2. The van der Waals surface area contributed by atoms with E-state index >= 15 is 0 Å². The number of rotatable bonds is 4. The predicted molar refractivity (Wildman–Crippen MR) is 68.4 cm³/mol. The number of anilines is 1. The Morgan fingerprint density at radius 1 is 1.35 bits per heavy atom. The molecule has 1 aromatic carbocycles. The smallest absolute Gasteiger partial charge is 0.252 e. The second-order valence-electron chi connectivity index (χ2n) is 3.57. The Morgan fingerprint density at radius 2 is 2.06 bits per heavy atom. The van der Waals surface area contributed by atoms with E-state index < -0.39 is 0 Å². The number of amides is 2. The maximum atomic E-state index is 11.5. The first-order chi connectivity index (χ1) is 8.08. The Labute approximate surface area is 105 Å². The molecular weight excluding hydrogens is 240 g/mol. The molecule has 0 heterocycles. The summed E-state index contributed by atoms with van der Waals surface area (Å²) in [7, 11) is 1.53. The van der Waals surface area contributed by atoms with Crippen molar-refractivity contribution in [1.29, 1.82) is 0 Å². The van der Waals surface area contributed by atoms with Crippen LogP contribution < -0.4 is 10.6 Å². The van der Waals surface area contributed by atoms with Crippen LogP contribution in [-0.4, -0.2) is 18.9 Å². The maximum absolute atomic E-state index is 11.5. The van der Waals surface area contributed by atoms with Crippen molar-refractivity contribution in [3.05, 3.63) is 28.8 Å². The zero-order chi connectivity index (χ0) is 12.8. The lowest BCUT2D eigenvalue weighted by Crippen LogP contribution is -2.19. The number of carbonyl (C=O) groups excluding carboxylic acids is 2. The minimum Gasteiger partial charge on any atom is -0.355 e. The number of halogens is 1. The highest BCUT2D eigenvalue weighted by Gasteiger charge is 2.10. The van der Waals surface area contributed by atoms with Gasteiger partial charge in [0.05, 0.1) is 10.6 Å². The summed E-state index contributed by atoms with van der Waals surface area (Å²) in [6.07, 6.45) is 1.24. The molecule has 0 aliphatic rings. The third kappa shape index (κ3) is 3.75. The monoisotopic (exact) mass is 254 g/mol. The average Bonchev–Trinajstić information content (AvgIpc) is 2.31. The lowest BCUT2D eigenvalue weighted by Gasteiger charge is -2.08. The summed E-state index contributed by atoms with van der Waals surface area (Å²) >= 11 is 5.89. The Bertz CT molecular complexity index is 433. The normalized spacial score (nSPS) is 9.82. The molecule has 0 saturated carbocycles. The molecule has 0 saturated heterocycles. The SMILES string of the molecule is CCCC(=O)Nc1ccc(Cl)c(C(=O)NC)c1. The van der Waals surface area contributed by atoms with E-state index in [9.17, 15) is 9.59 Å². The molecular formula is C12H15ClN2O2. The summed E-state index contributed by atoms with van der Waals surface area (Å²) in [6, 6.07) is 4.82. The van der Waals surface area contributed by atoms with Crippen molar-refractivity contribution < 1.29 is 9.59 Å². The number of benzene rings is 1. The van der Waals surface area contributed by atoms with Crippen molar-refractivity contribution in [2.24, 2.45) is 0 Å². The molecule has 1 aromatic rings. The van der Waals surface area contributed by atoms with Crippen LogP contribution in [0.4, 0.5) is 5.69 Å². The van der Waals surface area contributed by atoms with Gasteiger partial charge in [-0.3, -0.25) is 9.59 Å². The van der Waals surface area contributed by atoms with Gasteiger partial charge in [0.25, 0.3) is 5.91 Å². The fourth-order valence-electron chi connectivity index (χ4n) is 1.36. The van der Waals surface area contributed by atoms with Gasteiger partial charge in [-0.25, -0.2) is 0 Å².